The van der Waals surface area contributed by atoms with E-state index in [1.54, 1.807) is 22.7 Å². The van der Waals surface area contributed by atoms with Gasteiger partial charge in [-0.1, -0.05) is 24.3 Å². The van der Waals surface area contributed by atoms with Crippen molar-refractivity contribution in [3.8, 4) is 0 Å². The molecular formula is C15H17NO3S. The molecule has 5 heteroatoms. The molecule has 1 fully saturated rings. The zero-order valence-electron chi connectivity index (χ0n) is 11.2. The summed E-state index contributed by atoms with van der Waals surface area (Å²) < 4.78 is 5.02. The molecule has 20 heavy (non-hydrogen) atoms. The maximum atomic E-state index is 11.6. The Labute approximate surface area is 122 Å². The van der Waals surface area contributed by atoms with Gasteiger partial charge in [0.15, 0.2) is 0 Å². The van der Waals surface area contributed by atoms with E-state index in [1.165, 1.54) is 0 Å². The van der Waals surface area contributed by atoms with E-state index >= 15 is 0 Å². The van der Waals surface area contributed by atoms with Crippen molar-refractivity contribution in [2.75, 3.05) is 13.2 Å². The average molecular weight is 291 g/mol. The summed E-state index contributed by atoms with van der Waals surface area (Å²) in [7, 11) is 0. The first kappa shape index (κ1) is 14.7. The van der Waals surface area contributed by atoms with Crippen LogP contribution in [0.5, 0.6) is 0 Å². The highest BCUT2D eigenvalue weighted by Gasteiger charge is 2.38. The molecule has 0 spiro atoms. The molecule has 1 atom stereocenters. The van der Waals surface area contributed by atoms with Gasteiger partial charge in [-0.05, 0) is 18.6 Å². The number of benzene rings is 1. The van der Waals surface area contributed by atoms with Gasteiger partial charge in [0.2, 0.25) is 5.91 Å². The number of thioether (sulfide) groups is 1. The quantitative estimate of drug-likeness (QED) is 0.335. The number of carbonyl (C=O) groups excluding carboxylic acids is 2. The fourth-order valence-corrected chi connectivity index (χ4v) is 2.99. The normalized spacial score (nSPS) is 17.5. The molecule has 0 N–H and O–H groups in total. The highest BCUT2D eigenvalue weighted by Crippen LogP contribution is 2.34. The molecule has 0 aromatic heterocycles. The predicted octanol–water partition coefficient (Wildman–Crippen LogP) is 2.46. The molecule has 0 aliphatic carbocycles. The van der Waals surface area contributed by atoms with E-state index in [2.05, 4.69) is 6.58 Å². The lowest BCUT2D eigenvalue weighted by molar-refractivity contribution is -0.154. The van der Waals surface area contributed by atoms with Crippen LogP contribution in [-0.4, -0.2) is 35.3 Å². The largest absolute Gasteiger partial charge is 0.464 e. The number of ether oxygens (including phenoxy) is 1. The number of likely N-dealkylation sites (tertiary alicyclic amines) is 1. The number of β-lactam (4-membered cyclic amide) rings is 1. The summed E-state index contributed by atoms with van der Waals surface area (Å²) >= 11 is 1.59. The third kappa shape index (κ3) is 3.87. The molecule has 0 saturated carbocycles. The second-order valence-electron chi connectivity index (χ2n) is 4.41. The first-order valence-corrected chi connectivity index (χ1v) is 7.36. The summed E-state index contributed by atoms with van der Waals surface area (Å²) in [4.78, 5) is 25.8. The number of esters is 1. The summed E-state index contributed by atoms with van der Waals surface area (Å²) in [5, 5.41) is 0.0249. The van der Waals surface area contributed by atoms with Gasteiger partial charge in [-0.2, -0.15) is 0 Å². The molecule has 1 heterocycles. The molecule has 1 unspecified atom stereocenters. The number of hydrogen-bond acceptors (Lipinski definition) is 4. The molecule has 0 radical (unpaired) electrons. The van der Waals surface area contributed by atoms with Crippen LogP contribution < -0.4 is 0 Å². The van der Waals surface area contributed by atoms with Gasteiger partial charge in [-0.3, -0.25) is 9.59 Å². The van der Waals surface area contributed by atoms with Gasteiger partial charge in [-0.25, -0.2) is 0 Å². The zero-order chi connectivity index (χ0) is 14.4. The van der Waals surface area contributed by atoms with Gasteiger partial charge in [0, 0.05) is 4.90 Å². The highest BCUT2D eigenvalue weighted by molar-refractivity contribution is 8.00. The Kier molecular flexibility index (Phi) is 5.24. The second-order valence-corrected chi connectivity index (χ2v) is 5.66. The molecule has 1 aromatic rings. The number of nitrogens with zero attached hydrogens (tertiary/aromatic N) is 1. The van der Waals surface area contributed by atoms with Gasteiger partial charge >= 0.3 is 5.97 Å². The standard InChI is InChI=1S/C15H17NO3S/c1-2-3-9-19-15(18)11-16-13(17)10-14(16)20-12-7-5-4-6-8-12/h2,4-8,14H,1,3,9-11H2. The van der Waals surface area contributed by atoms with Crippen molar-refractivity contribution in [2.24, 2.45) is 0 Å². The minimum absolute atomic E-state index is 0.000832. The van der Waals surface area contributed by atoms with Crippen molar-refractivity contribution in [1.82, 2.24) is 4.90 Å². The summed E-state index contributed by atoms with van der Waals surface area (Å²) in [5.74, 6) is -0.363. The van der Waals surface area contributed by atoms with Crippen molar-refractivity contribution in [2.45, 2.75) is 23.1 Å². The lowest BCUT2D eigenvalue weighted by atomic mass is 10.2. The molecule has 1 amide bonds. The summed E-state index contributed by atoms with van der Waals surface area (Å²) in [6, 6.07) is 9.85. The summed E-state index contributed by atoms with van der Waals surface area (Å²) in [6.07, 6.45) is 2.79. The first-order valence-electron chi connectivity index (χ1n) is 6.48. The molecule has 4 nitrogen and oxygen atoms in total. The molecule has 0 bridgehead atoms. The van der Waals surface area contributed by atoms with Crippen molar-refractivity contribution in [3.05, 3.63) is 43.0 Å². The molecule has 1 aromatic carbocycles. The van der Waals surface area contributed by atoms with Gasteiger partial charge in [-0.15, -0.1) is 18.3 Å². The Bertz CT molecular complexity index is 489. The minimum atomic E-state index is -0.362. The SMILES string of the molecule is C=CCCOC(=O)CN1C(=O)CC1Sc1ccccc1. The van der Waals surface area contributed by atoms with Crippen LogP contribution in [0.3, 0.4) is 0 Å². The molecule has 106 valence electrons. The van der Waals surface area contributed by atoms with Crippen molar-refractivity contribution >= 4 is 23.6 Å². The summed E-state index contributed by atoms with van der Waals surface area (Å²) in [5.41, 5.74) is 0. The molecule has 1 saturated heterocycles. The Morgan fingerprint density at radius 3 is 2.85 bits per heavy atom. The van der Waals surface area contributed by atoms with Gasteiger partial charge < -0.3 is 9.64 Å². The van der Waals surface area contributed by atoms with Crippen LogP contribution in [0.4, 0.5) is 0 Å². The van der Waals surface area contributed by atoms with E-state index in [0.717, 1.165) is 4.90 Å². The van der Waals surface area contributed by atoms with E-state index < -0.39 is 0 Å². The lowest BCUT2D eigenvalue weighted by Crippen LogP contribution is -2.52. The minimum Gasteiger partial charge on any atom is -0.464 e. The van der Waals surface area contributed by atoms with Crippen molar-refractivity contribution in [3.63, 3.8) is 0 Å². The van der Waals surface area contributed by atoms with Gasteiger partial charge in [0.25, 0.3) is 0 Å². The van der Waals surface area contributed by atoms with Crippen LogP contribution in [0.15, 0.2) is 47.9 Å². The van der Waals surface area contributed by atoms with Crippen LogP contribution in [0.1, 0.15) is 12.8 Å². The Morgan fingerprint density at radius 1 is 1.45 bits per heavy atom. The topological polar surface area (TPSA) is 46.6 Å². The monoisotopic (exact) mass is 291 g/mol. The summed E-state index contributed by atoms with van der Waals surface area (Å²) in [6.45, 7) is 3.91. The fraction of sp³-hybridized carbons (Fsp3) is 0.333. The smallest absolute Gasteiger partial charge is 0.325 e. The maximum Gasteiger partial charge on any atom is 0.325 e. The predicted molar refractivity (Wildman–Crippen MR) is 78.2 cm³/mol. The van der Waals surface area contributed by atoms with Crippen LogP contribution in [0, 0.1) is 0 Å². The number of rotatable bonds is 7. The number of carbonyl (C=O) groups is 2. The lowest BCUT2D eigenvalue weighted by Gasteiger charge is -2.39. The van der Waals surface area contributed by atoms with E-state index in [4.69, 9.17) is 4.74 Å². The van der Waals surface area contributed by atoms with E-state index in [-0.39, 0.29) is 23.8 Å². The van der Waals surface area contributed by atoms with E-state index in [1.807, 2.05) is 30.3 Å². The molecular weight excluding hydrogens is 274 g/mol. The molecule has 1 aliphatic heterocycles. The number of hydrogen-bond donors (Lipinski definition) is 0. The van der Waals surface area contributed by atoms with Crippen LogP contribution in [0.25, 0.3) is 0 Å². The third-order valence-corrected chi connectivity index (χ3v) is 4.15. The Hall–Kier alpha value is -1.75. The zero-order valence-corrected chi connectivity index (χ0v) is 12.0. The Morgan fingerprint density at radius 2 is 2.20 bits per heavy atom. The van der Waals surface area contributed by atoms with Gasteiger partial charge in [0.05, 0.1) is 18.4 Å². The third-order valence-electron chi connectivity index (χ3n) is 2.92. The second kappa shape index (κ2) is 7.14. The van der Waals surface area contributed by atoms with E-state index in [0.29, 0.717) is 19.4 Å². The molecule has 2 rings (SSSR count). The van der Waals surface area contributed by atoms with Crippen molar-refractivity contribution < 1.29 is 14.3 Å². The van der Waals surface area contributed by atoms with E-state index in [9.17, 15) is 9.59 Å². The van der Waals surface area contributed by atoms with Gasteiger partial charge in [0.1, 0.15) is 6.54 Å². The Balaban J connectivity index is 1.82. The first-order chi connectivity index (χ1) is 9.70. The average Bonchev–Trinajstić information content (AvgIpc) is 2.46. The van der Waals surface area contributed by atoms with Crippen LogP contribution in [0.2, 0.25) is 0 Å². The van der Waals surface area contributed by atoms with Crippen LogP contribution in [-0.2, 0) is 14.3 Å². The maximum absolute atomic E-state index is 11.6. The highest BCUT2D eigenvalue weighted by atomic mass is 32.2. The fourth-order valence-electron chi connectivity index (χ4n) is 1.82. The number of amides is 1. The van der Waals surface area contributed by atoms with Crippen molar-refractivity contribution in [1.29, 1.82) is 0 Å². The molecule has 1 aliphatic rings. The van der Waals surface area contributed by atoms with Crippen LogP contribution >= 0.6 is 11.8 Å².